The molecule has 0 fully saturated rings. The number of hydrogen-bond donors (Lipinski definition) is 0. The quantitative estimate of drug-likeness (QED) is 0.0345. The highest BCUT2D eigenvalue weighted by atomic mass is 16.6. The third-order valence-electron chi connectivity index (χ3n) is 13.0. The number of unbranched alkanes of at least 4 members (excludes halogenated alkanes) is 25. The van der Waals surface area contributed by atoms with Crippen LogP contribution in [-0.2, 0) is 23.8 Å². The molecule has 0 aliphatic heterocycles. The highest BCUT2D eigenvalue weighted by molar-refractivity contribution is 5.70. The van der Waals surface area contributed by atoms with Crippen LogP contribution >= 0.6 is 0 Å². The van der Waals surface area contributed by atoms with Crippen molar-refractivity contribution in [3.8, 4) is 0 Å². The van der Waals surface area contributed by atoms with Crippen molar-refractivity contribution in [3.63, 3.8) is 0 Å². The van der Waals surface area contributed by atoms with Crippen LogP contribution in [0, 0.1) is 0 Å². The predicted octanol–water partition coefficient (Wildman–Crippen LogP) is 21.7. The van der Waals surface area contributed by atoms with E-state index in [1.54, 1.807) is 0 Å². The summed E-state index contributed by atoms with van der Waals surface area (Å²) in [4.78, 5) is 25.6. The Balaban J connectivity index is 4.36. The number of carbonyl (C=O) groups excluding carboxylic acids is 2. The average Bonchev–Trinajstić information content (AvgIpc) is 3.40. The summed E-state index contributed by atoms with van der Waals surface area (Å²) in [5, 5.41) is 0. The van der Waals surface area contributed by atoms with Gasteiger partial charge in [-0.3, -0.25) is 9.59 Å². The van der Waals surface area contributed by atoms with Crippen molar-refractivity contribution >= 4 is 11.9 Å². The number of esters is 2. The van der Waals surface area contributed by atoms with E-state index < -0.39 is 6.10 Å². The molecule has 0 radical (unpaired) electrons. The number of rotatable bonds is 56. The van der Waals surface area contributed by atoms with Gasteiger partial charge >= 0.3 is 11.9 Å². The largest absolute Gasteiger partial charge is 0.462 e. The van der Waals surface area contributed by atoms with Gasteiger partial charge < -0.3 is 14.2 Å². The number of hydrogen-bond acceptors (Lipinski definition) is 5. The summed E-state index contributed by atoms with van der Waals surface area (Å²) in [6, 6.07) is 0. The maximum atomic E-state index is 12.9. The van der Waals surface area contributed by atoms with E-state index in [2.05, 4.69) is 142 Å². The molecule has 0 heterocycles. The maximum Gasteiger partial charge on any atom is 0.306 e. The van der Waals surface area contributed by atoms with E-state index in [0.717, 1.165) is 122 Å². The van der Waals surface area contributed by atoms with Crippen LogP contribution < -0.4 is 0 Å². The first-order valence-electron chi connectivity index (χ1n) is 31.1. The van der Waals surface area contributed by atoms with E-state index in [4.69, 9.17) is 14.2 Å². The summed E-state index contributed by atoms with van der Waals surface area (Å²) in [7, 11) is 0. The van der Waals surface area contributed by atoms with Gasteiger partial charge in [0.2, 0.25) is 0 Å². The standard InChI is InChI=1S/C69H116O5/c1-4-7-10-13-16-19-22-25-28-31-34-37-40-43-46-49-52-55-58-61-64-72-65-67(74-69(71)63-60-57-54-51-48-45-42-39-36-33-30-27-24-21-18-15-12-9-6-3)66-73-68(70)62-59-56-53-50-47-44-41-38-35-32-29-26-23-20-17-14-11-8-5-2/h7-8,10-11,16-21,25-30,34-35,37-38,67H,4-6,9,12-15,22-24,31-33,36,39-66H2,1-3H3/b10-7-,11-8-,19-16-,20-17-,21-18-,28-25-,29-26-,30-27-,37-34-,38-35-. The van der Waals surface area contributed by atoms with Crippen molar-refractivity contribution < 1.29 is 23.8 Å². The molecule has 5 heteroatoms. The van der Waals surface area contributed by atoms with Gasteiger partial charge in [-0.2, -0.15) is 0 Å². The SMILES string of the molecule is CC/C=C\C/C=C\C/C=C\C/C=C\CCCCCCCCCOCC(COC(=O)CCCCCCCC/C=C\C/C=C\C/C=C\C/C=C\CC)OC(=O)CCCCCCCCCCC/C=C\C/C=C\CCCCC. The van der Waals surface area contributed by atoms with Crippen LogP contribution in [0.2, 0.25) is 0 Å². The highest BCUT2D eigenvalue weighted by Gasteiger charge is 2.17. The number of carbonyl (C=O) groups is 2. The molecule has 0 bridgehead atoms. The van der Waals surface area contributed by atoms with Crippen LogP contribution in [0.25, 0.3) is 0 Å². The van der Waals surface area contributed by atoms with E-state index in [1.807, 2.05) is 0 Å². The topological polar surface area (TPSA) is 61.8 Å². The lowest BCUT2D eigenvalue weighted by Gasteiger charge is -2.18. The Bertz CT molecular complexity index is 1490. The summed E-state index contributed by atoms with van der Waals surface area (Å²) >= 11 is 0. The van der Waals surface area contributed by atoms with Crippen molar-refractivity contribution in [2.75, 3.05) is 19.8 Å². The van der Waals surface area contributed by atoms with Crippen molar-refractivity contribution in [3.05, 3.63) is 122 Å². The first-order valence-corrected chi connectivity index (χ1v) is 31.1. The average molecular weight is 1030 g/mol. The van der Waals surface area contributed by atoms with Gasteiger partial charge in [0, 0.05) is 19.4 Å². The normalized spacial score (nSPS) is 13.1. The molecule has 0 saturated heterocycles. The molecule has 0 rings (SSSR count). The second-order valence-electron chi connectivity index (χ2n) is 20.2. The number of ether oxygens (including phenoxy) is 3. The predicted molar refractivity (Wildman–Crippen MR) is 325 cm³/mol. The lowest BCUT2D eigenvalue weighted by atomic mass is 10.1. The molecular formula is C69H116O5. The lowest BCUT2D eigenvalue weighted by molar-refractivity contribution is -0.163. The first-order chi connectivity index (χ1) is 36.6. The molecular weight excluding hydrogens is 909 g/mol. The Morgan fingerprint density at radius 3 is 0.973 bits per heavy atom. The molecule has 5 nitrogen and oxygen atoms in total. The van der Waals surface area contributed by atoms with Crippen LogP contribution in [0.4, 0.5) is 0 Å². The molecule has 1 atom stereocenters. The summed E-state index contributed by atoms with van der Waals surface area (Å²) in [6.07, 6.45) is 89.4. The van der Waals surface area contributed by atoms with Gasteiger partial charge in [0.25, 0.3) is 0 Å². The molecule has 0 N–H and O–H groups in total. The van der Waals surface area contributed by atoms with Crippen molar-refractivity contribution in [1.82, 2.24) is 0 Å². The molecule has 0 aromatic rings. The third-order valence-corrected chi connectivity index (χ3v) is 13.0. The summed E-state index contributed by atoms with van der Waals surface area (Å²) in [6.45, 7) is 7.55. The van der Waals surface area contributed by atoms with Crippen LogP contribution in [0.3, 0.4) is 0 Å². The van der Waals surface area contributed by atoms with Crippen molar-refractivity contribution in [2.24, 2.45) is 0 Å². The Kier molecular flexibility index (Phi) is 60.4. The van der Waals surface area contributed by atoms with E-state index in [-0.39, 0.29) is 25.2 Å². The third kappa shape index (κ3) is 60.9. The maximum absolute atomic E-state index is 12.9. The zero-order chi connectivity index (χ0) is 53.4. The molecule has 0 spiro atoms. The van der Waals surface area contributed by atoms with Crippen molar-refractivity contribution in [2.45, 2.75) is 284 Å². The molecule has 0 saturated carbocycles. The minimum atomic E-state index is -0.561. The van der Waals surface area contributed by atoms with Crippen LogP contribution in [0.5, 0.6) is 0 Å². The Labute approximate surface area is 458 Å². The minimum Gasteiger partial charge on any atom is -0.462 e. The second-order valence-corrected chi connectivity index (χ2v) is 20.2. The van der Waals surface area contributed by atoms with E-state index in [9.17, 15) is 9.59 Å². The summed E-state index contributed by atoms with van der Waals surface area (Å²) < 4.78 is 17.5. The van der Waals surface area contributed by atoms with Gasteiger partial charge in [-0.1, -0.05) is 258 Å². The Morgan fingerprint density at radius 2 is 0.608 bits per heavy atom. The molecule has 0 amide bonds. The van der Waals surface area contributed by atoms with Gasteiger partial charge in [0.1, 0.15) is 6.61 Å². The fourth-order valence-electron chi connectivity index (χ4n) is 8.41. The van der Waals surface area contributed by atoms with E-state index in [1.165, 1.54) is 122 Å². The van der Waals surface area contributed by atoms with Gasteiger partial charge in [-0.25, -0.2) is 0 Å². The van der Waals surface area contributed by atoms with Gasteiger partial charge in [0.15, 0.2) is 6.10 Å². The first kappa shape index (κ1) is 70.3. The Hall–Kier alpha value is -3.70. The van der Waals surface area contributed by atoms with Gasteiger partial charge in [0.05, 0.1) is 6.61 Å². The van der Waals surface area contributed by atoms with Gasteiger partial charge in [-0.15, -0.1) is 0 Å². The molecule has 74 heavy (non-hydrogen) atoms. The van der Waals surface area contributed by atoms with Gasteiger partial charge in [-0.05, 0) is 128 Å². The zero-order valence-corrected chi connectivity index (χ0v) is 48.6. The molecule has 422 valence electrons. The minimum absolute atomic E-state index is 0.0651. The monoisotopic (exact) mass is 1020 g/mol. The van der Waals surface area contributed by atoms with E-state index >= 15 is 0 Å². The molecule has 0 aromatic carbocycles. The van der Waals surface area contributed by atoms with Crippen LogP contribution in [0.1, 0.15) is 278 Å². The second kappa shape index (κ2) is 63.6. The fraction of sp³-hybridized carbons (Fsp3) is 0.681. The molecule has 0 aromatic heterocycles. The Morgan fingerprint density at radius 1 is 0.311 bits per heavy atom. The molecule has 0 aliphatic rings. The zero-order valence-electron chi connectivity index (χ0n) is 48.6. The summed E-state index contributed by atoms with van der Waals surface area (Å²) in [5.41, 5.74) is 0. The molecule has 1 unspecified atom stereocenters. The van der Waals surface area contributed by atoms with Crippen LogP contribution in [-0.4, -0.2) is 37.9 Å². The molecule has 0 aliphatic carbocycles. The fourth-order valence-corrected chi connectivity index (χ4v) is 8.41. The van der Waals surface area contributed by atoms with Crippen molar-refractivity contribution in [1.29, 1.82) is 0 Å². The van der Waals surface area contributed by atoms with Crippen LogP contribution in [0.15, 0.2) is 122 Å². The highest BCUT2D eigenvalue weighted by Crippen LogP contribution is 2.15. The summed E-state index contributed by atoms with van der Waals surface area (Å²) in [5.74, 6) is -0.423. The van der Waals surface area contributed by atoms with E-state index in [0.29, 0.717) is 19.4 Å². The smallest absolute Gasteiger partial charge is 0.306 e. The lowest BCUT2D eigenvalue weighted by Crippen LogP contribution is -2.30. The number of allylic oxidation sites excluding steroid dienone is 20.